The van der Waals surface area contributed by atoms with E-state index in [2.05, 4.69) is 15.5 Å². The molecule has 0 saturated carbocycles. The zero-order chi connectivity index (χ0) is 9.97. The molecule has 1 aliphatic rings. The number of hydrogen-bond donors (Lipinski definition) is 1. The molecule has 1 saturated heterocycles. The first kappa shape index (κ1) is 9.61. The molecule has 0 radical (unpaired) electrons. The van der Waals surface area contributed by atoms with Crippen LogP contribution in [-0.2, 0) is 4.74 Å². The van der Waals surface area contributed by atoms with Crippen molar-refractivity contribution in [1.29, 1.82) is 0 Å². The molecule has 1 unspecified atom stereocenters. The normalized spacial score (nSPS) is 19.3. The molecule has 14 heavy (non-hydrogen) atoms. The Kier molecular flexibility index (Phi) is 2.79. The first-order valence-corrected chi connectivity index (χ1v) is 4.97. The molecule has 2 rings (SSSR count). The highest BCUT2D eigenvalue weighted by atomic mass is 16.5. The van der Waals surface area contributed by atoms with Crippen LogP contribution in [0.2, 0.25) is 0 Å². The van der Waals surface area contributed by atoms with Crippen molar-refractivity contribution in [2.24, 2.45) is 0 Å². The third kappa shape index (κ3) is 1.78. The smallest absolute Gasteiger partial charge is 0.232 e. The number of aromatic nitrogens is 2. The van der Waals surface area contributed by atoms with Crippen LogP contribution in [0.3, 0.4) is 0 Å². The van der Waals surface area contributed by atoms with E-state index >= 15 is 0 Å². The highest BCUT2D eigenvalue weighted by Gasteiger charge is 2.26. The minimum atomic E-state index is -0.0782. The Hall–Kier alpha value is -0.940. The van der Waals surface area contributed by atoms with E-state index in [1.54, 1.807) is 0 Å². The Morgan fingerprint density at radius 3 is 3.00 bits per heavy atom. The van der Waals surface area contributed by atoms with Crippen molar-refractivity contribution in [3.8, 4) is 0 Å². The summed E-state index contributed by atoms with van der Waals surface area (Å²) in [7, 11) is 0. The lowest BCUT2D eigenvalue weighted by atomic mass is 10.0. The first-order valence-electron chi connectivity index (χ1n) is 4.97. The molecule has 1 aromatic rings. The summed E-state index contributed by atoms with van der Waals surface area (Å²) in [6.07, 6.45) is -0.0782. The van der Waals surface area contributed by atoms with Crippen LogP contribution >= 0.6 is 0 Å². The monoisotopic (exact) mass is 197 g/mol. The fourth-order valence-electron chi connectivity index (χ4n) is 1.37. The molecule has 0 spiro atoms. The predicted molar refractivity (Wildman–Crippen MR) is 49.9 cm³/mol. The third-order valence-electron chi connectivity index (χ3n) is 2.37. The lowest BCUT2D eigenvalue weighted by Crippen LogP contribution is -2.40. The standard InChI is InChI=1S/C9H15N3O2/c1-3-13-6(2)8-11-9(14-12-8)7-4-10-5-7/h6-7,10H,3-5H2,1-2H3. The van der Waals surface area contributed by atoms with Crippen molar-refractivity contribution in [3.63, 3.8) is 0 Å². The number of hydrogen-bond acceptors (Lipinski definition) is 5. The molecule has 1 atom stereocenters. The molecule has 5 nitrogen and oxygen atoms in total. The van der Waals surface area contributed by atoms with Gasteiger partial charge in [-0.2, -0.15) is 4.98 Å². The van der Waals surface area contributed by atoms with Gasteiger partial charge in [0.2, 0.25) is 5.89 Å². The van der Waals surface area contributed by atoms with Gasteiger partial charge in [0.15, 0.2) is 5.82 Å². The van der Waals surface area contributed by atoms with E-state index < -0.39 is 0 Å². The molecule has 0 aliphatic carbocycles. The van der Waals surface area contributed by atoms with E-state index in [9.17, 15) is 0 Å². The SMILES string of the molecule is CCOC(C)c1noc(C2CNC2)n1. The van der Waals surface area contributed by atoms with E-state index in [-0.39, 0.29) is 6.10 Å². The molecule has 2 heterocycles. The highest BCUT2D eigenvalue weighted by molar-refractivity contribution is 5.01. The van der Waals surface area contributed by atoms with Crippen LogP contribution in [0.1, 0.15) is 37.6 Å². The van der Waals surface area contributed by atoms with Crippen molar-refractivity contribution in [2.45, 2.75) is 25.9 Å². The van der Waals surface area contributed by atoms with E-state index in [1.165, 1.54) is 0 Å². The zero-order valence-corrected chi connectivity index (χ0v) is 8.49. The molecular formula is C9H15N3O2. The highest BCUT2D eigenvalue weighted by Crippen LogP contribution is 2.20. The Bertz CT molecular complexity index is 296. The largest absolute Gasteiger partial charge is 0.371 e. The molecule has 0 bridgehead atoms. The van der Waals surface area contributed by atoms with Crippen molar-refractivity contribution in [1.82, 2.24) is 15.5 Å². The Morgan fingerprint density at radius 2 is 2.43 bits per heavy atom. The summed E-state index contributed by atoms with van der Waals surface area (Å²) in [6.45, 7) is 6.41. The molecule has 1 aromatic heterocycles. The average molecular weight is 197 g/mol. The number of ether oxygens (including phenoxy) is 1. The third-order valence-corrected chi connectivity index (χ3v) is 2.37. The van der Waals surface area contributed by atoms with E-state index in [0.717, 1.165) is 19.0 Å². The number of rotatable bonds is 4. The van der Waals surface area contributed by atoms with Gasteiger partial charge in [0.25, 0.3) is 0 Å². The van der Waals surface area contributed by atoms with Gasteiger partial charge >= 0.3 is 0 Å². The second-order valence-corrected chi connectivity index (χ2v) is 3.44. The predicted octanol–water partition coefficient (Wildman–Crippen LogP) is 0.854. The van der Waals surface area contributed by atoms with Crippen LogP contribution in [0.25, 0.3) is 0 Å². The second-order valence-electron chi connectivity index (χ2n) is 3.44. The summed E-state index contributed by atoms with van der Waals surface area (Å²) in [4.78, 5) is 4.31. The Labute approximate surface area is 82.8 Å². The lowest BCUT2D eigenvalue weighted by Gasteiger charge is -2.22. The van der Waals surface area contributed by atoms with Crippen LogP contribution in [0.4, 0.5) is 0 Å². The second kappa shape index (κ2) is 4.06. The quantitative estimate of drug-likeness (QED) is 0.775. The summed E-state index contributed by atoms with van der Waals surface area (Å²) >= 11 is 0. The van der Waals surface area contributed by atoms with Crippen molar-refractivity contribution in [2.75, 3.05) is 19.7 Å². The van der Waals surface area contributed by atoms with E-state index in [4.69, 9.17) is 9.26 Å². The van der Waals surface area contributed by atoms with Crippen molar-refractivity contribution < 1.29 is 9.26 Å². The van der Waals surface area contributed by atoms with Crippen LogP contribution in [0.5, 0.6) is 0 Å². The summed E-state index contributed by atoms with van der Waals surface area (Å²) in [5.41, 5.74) is 0. The molecule has 0 amide bonds. The summed E-state index contributed by atoms with van der Waals surface area (Å²) in [5.74, 6) is 1.77. The molecule has 0 aromatic carbocycles. The van der Waals surface area contributed by atoms with Gasteiger partial charge in [-0.1, -0.05) is 5.16 Å². The molecular weight excluding hydrogens is 182 g/mol. The van der Waals surface area contributed by atoms with Gasteiger partial charge < -0.3 is 14.6 Å². The summed E-state index contributed by atoms with van der Waals surface area (Å²) in [6, 6.07) is 0. The van der Waals surface area contributed by atoms with Crippen LogP contribution in [0, 0.1) is 0 Å². The van der Waals surface area contributed by atoms with E-state index in [0.29, 0.717) is 18.3 Å². The fourth-order valence-corrected chi connectivity index (χ4v) is 1.37. The van der Waals surface area contributed by atoms with Crippen LogP contribution in [0.15, 0.2) is 4.52 Å². The average Bonchev–Trinajstić information content (AvgIpc) is 2.50. The topological polar surface area (TPSA) is 60.2 Å². The fraction of sp³-hybridized carbons (Fsp3) is 0.778. The molecule has 1 aliphatic heterocycles. The van der Waals surface area contributed by atoms with Crippen LogP contribution in [-0.4, -0.2) is 29.8 Å². The van der Waals surface area contributed by atoms with E-state index in [1.807, 2.05) is 13.8 Å². The molecule has 5 heteroatoms. The molecule has 78 valence electrons. The minimum absolute atomic E-state index is 0.0782. The number of nitrogens with zero attached hydrogens (tertiary/aromatic N) is 2. The summed E-state index contributed by atoms with van der Waals surface area (Å²) in [5, 5.41) is 7.06. The van der Waals surface area contributed by atoms with Crippen molar-refractivity contribution in [3.05, 3.63) is 11.7 Å². The maximum absolute atomic E-state index is 5.37. The minimum Gasteiger partial charge on any atom is -0.371 e. The number of nitrogens with one attached hydrogen (secondary N) is 1. The lowest BCUT2D eigenvalue weighted by molar-refractivity contribution is 0.0683. The molecule has 1 fully saturated rings. The maximum atomic E-state index is 5.37. The van der Waals surface area contributed by atoms with Gasteiger partial charge in [0.1, 0.15) is 6.10 Å². The zero-order valence-electron chi connectivity index (χ0n) is 8.49. The van der Waals surface area contributed by atoms with Gasteiger partial charge in [-0.05, 0) is 13.8 Å². The van der Waals surface area contributed by atoms with Crippen molar-refractivity contribution >= 4 is 0 Å². The van der Waals surface area contributed by atoms with Gasteiger partial charge in [0.05, 0.1) is 5.92 Å². The van der Waals surface area contributed by atoms with Gasteiger partial charge in [-0.3, -0.25) is 0 Å². The Morgan fingerprint density at radius 1 is 1.64 bits per heavy atom. The van der Waals surface area contributed by atoms with Gasteiger partial charge in [-0.25, -0.2) is 0 Å². The first-order chi connectivity index (χ1) is 6.81. The van der Waals surface area contributed by atoms with Gasteiger partial charge in [-0.15, -0.1) is 0 Å². The van der Waals surface area contributed by atoms with Crippen LogP contribution < -0.4 is 5.32 Å². The van der Waals surface area contributed by atoms with Gasteiger partial charge in [0, 0.05) is 19.7 Å². The molecule has 1 N–H and O–H groups in total. The maximum Gasteiger partial charge on any atom is 0.232 e. The summed E-state index contributed by atoms with van der Waals surface area (Å²) < 4.78 is 10.5. The Balaban J connectivity index is 2.01.